The summed E-state index contributed by atoms with van der Waals surface area (Å²) in [6.07, 6.45) is 1.02. The maximum atomic E-state index is 11.6. The molecule has 1 aromatic rings. The van der Waals surface area contributed by atoms with E-state index in [2.05, 4.69) is 32.9 Å². The van der Waals surface area contributed by atoms with Crippen LogP contribution in [0.4, 0.5) is 0 Å². The van der Waals surface area contributed by atoms with E-state index < -0.39 is 0 Å². The summed E-state index contributed by atoms with van der Waals surface area (Å²) in [5.41, 5.74) is 2.36. The van der Waals surface area contributed by atoms with Crippen LogP contribution in [0.25, 0.3) is 0 Å². The molecular weight excluding hydrogens is 240 g/mol. The maximum absolute atomic E-state index is 11.6. The Morgan fingerprint density at radius 3 is 2.47 bits per heavy atom. The Hall–Kier alpha value is -1.55. The third-order valence-electron chi connectivity index (χ3n) is 3.15. The fraction of sp³-hybridized carbons (Fsp3) is 0.533. The highest BCUT2D eigenvalue weighted by molar-refractivity contribution is 5.75. The van der Waals surface area contributed by atoms with Crippen LogP contribution in [0.3, 0.4) is 0 Å². The fourth-order valence-corrected chi connectivity index (χ4v) is 1.86. The van der Waals surface area contributed by atoms with Gasteiger partial charge in [-0.05, 0) is 29.0 Å². The number of benzene rings is 1. The van der Waals surface area contributed by atoms with E-state index in [0.29, 0.717) is 12.8 Å². The molecule has 1 amide bonds. The van der Waals surface area contributed by atoms with Gasteiger partial charge in [-0.1, -0.05) is 32.9 Å². The third kappa shape index (κ3) is 4.24. The molecule has 0 radical (unpaired) electrons. The molecule has 0 spiro atoms. The van der Waals surface area contributed by atoms with Crippen LogP contribution in [0, 0.1) is 0 Å². The lowest BCUT2D eigenvalue weighted by Crippen LogP contribution is -2.33. The van der Waals surface area contributed by atoms with E-state index in [9.17, 15) is 4.79 Å². The Bertz CT molecular complexity index is 448. The van der Waals surface area contributed by atoms with Crippen molar-refractivity contribution >= 4 is 5.91 Å². The van der Waals surface area contributed by atoms with E-state index in [1.165, 1.54) is 5.56 Å². The van der Waals surface area contributed by atoms with Gasteiger partial charge >= 0.3 is 0 Å². The first kappa shape index (κ1) is 15.5. The zero-order valence-electron chi connectivity index (χ0n) is 12.5. The van der Waals surface area contributed by atoms with E-state index in [1.54, 1.807) is 14.2 Å². The standard InChI is InChI=1S/C15H24N2O2/c1-15(2,3)12-7-8-13(19-5)11(10-12)6-9-14(18)17(4)16/h7-8,10H,6,9,16H2,1-5H3. The number of nitrogens with two attached hydrogens (primary N) is 1. The van der Waals surface area contributed by atoms with Crippen molar-refractivity contribution in [1.29, 1.82) is 0 Å². The van der Waals surface area contributed by atoms with Crippen molar-refractivity contribution in [2.24, 2.45) is 5.84 Å². The van der Waals surface area contributed by atoms with Crippen LogP contribution in [-0.4, -0.2) is 25.1 Å². The topological polar surface area (TPSA) is 55.6 Å². The van der Waals surface area contributed by atoms with Gasteiger partial charge in [-0.15, -0.1) is 0 Å². The Balaban J connectivity index is 2.94. The van der Waals surface area contributed by atoms with Gasteiger partial charge in [-0.25, -0.2) is 5.84 Å². The van der Waals surface area contributed by atoms with Crippen molar-refractivity contribution in [2.45, 2.75) is 39.0 Å². The number of amides is 1. The second kappa shape index (κ2) is 6.06. The summed E-state index contributed by atoms with van der Waals surface area (Å²) in [6.45, 7) is 6.49. The molecule has 4 heteroatoms. The van der Waals surface area contributed by atoms with Crippen molar-refractivity contribution in [2.75, 3.05) is 14.2 Å². The van der Waals surface area contributed by atoms with Crippen LogP contribution in [0.5, 0.6) is 5.75 Å². The molecule has 0 saturated carbocycles. The molecule has 1 aromatic carbocycles. The Morgan fingerprint density at radius 1 is 1.37 bits per heavy atom. The summed E-state index contributed by atoms with van der Waals surface area (Å²) in [4.78, 5) is 11.6. The predicted octanol–water partition coefficient (Wildman–Crippen LogP) is 2.26. The van der Waals surface area contributed by atoms with Crippen molar-refractivity contribution in [3.8, 4) is 5.75 Å². The molecule has 0 bridgehead atoms. The molecule has 106 valence electrons. The highest BCUT2D eigenvalue weighted by atomic mass is 16.5. The van der Waals surface area contributed by atoms with Gasteiger partial charge in [0.2, 0.25) is 5.91 Å². The Morgan fingerprint density at radius 2 is 2.00 bits per heavy atom. The van der Waals surface area contributed by atoms with Crippen LogP contribution in [0.1, 0.15) is 38.3 Å². The minimum absolute atomic E-state index is 0.0791. The predicted molar refractivity (Wildman–Crippen MR) is 77.0 cm³/mol. The molecule has 0 unspecified atom stereocenters. The summed E-state index contributed by atoms with van der Waals surface area (Å²) in [5, 5.41) is 1.13. The molecule has 0 aromatic heterocycles. The molecule has 0 saturated heterocycles. The summed E-state index contributed by atoms with van der Waals surface area (Å²) >= 11 is 0. The minimum atomic E-state index is -0.0804. The van der Waals surface area contributed by atoms with E-state index in [4.69, 9.17) is 10.6 Å². The van der Waals surface area contributed by atoms with Crippen molar-refractivity contribution in [1.82, 2.24) is 5.01 Å². The zero-order chi connectivity index (χ0) is 14.6. The normalized spacial score (nSPS) is 11.3. The molecule has 2 N–H and O–H groups in total. The summed E-state index contributed by atoms with van der Waals surface area (Å²) < 4.78 is 5.35. The monoisotopic (exact) mass is 264 g/mol. The first-order chi connectivity index (χ1) is 8.75. The SMILES string of the molecule is COc1ccc(C(C)(C)C)cc1CCC(=O)N(C)N. The van der Waals surface area contributed by atoms with Crippen molar-refractivity contribution in [3.63, 3.8) is 0 Å². The number of hydrazine groups is 1. The lowest BCUT2D eigenvalue weighted by atomic mass is 9.85. The third-order valence-corrected chi connectivity index (χ3v) is 3.15. The van der Waals surface area contributed by atoms with E-state index >= 15 is 0 Å². The molecule has 4 nitrogen and oxygen atoms in total. The molecule has 0 aliphatic carbocycles. The maximum Gasteiger partial charge on any atom is 0.236 e. The van der Waals surface area contributed by atoms with E-state index in [0.717, 1.165) is 16.3 Å². The summed E-state index contributed by atoms with van der Waals surface area (Å²) in [6, 6.07) is 6.15. The number of carbonyl (C=O) groups is 1. The molecule has 0 heterocycles. The van der Waals surface area contributed by atoms with Crippen LogP contribution in [-0.2, 0) is 16.6 Å². The number of rotatable bonds is 4. The molecule has 1 rings (SSSR count). The Kier molecular flexibility index (Phi) is 4.95. The second-order valence-corrected chi connectivity index (χ2v) is 5.78. The molecule has 0 aliphatic rings. The second-order valence-electron chi connectivity index (χ2n) is 5.78. The summed E-state index contributed by atoms with van der Waals surface area (Å²) in [7, 11) is 3.21. The van der Waals surface area contributed by atoms with Gasteiger partial charge in [-0.2, -0.15) is 0 Å². The number of ether oxygens (including phenoxy) is 1. The average molecular weight is 264 g/mol. The van der Waals surface area contributed by atoms with Crippen LogP contribution < -0.4 is 10.6 Å². The van der Waals surface area contributed by atoms with Crippen LogP contribution in [0.15, 0.2) is 18.2 Å². The number of hydrogen-bond donors (Lipinski definition) is 1. The lowest BCUT2D eigenvalue weighted by Gasteiger charge is -2.21. The minimum Gasteiger partial charge on any atom is -0.496 e. The van der Waals surface area contributed by atoms with Gasteiger partial charge in [0.1, 0.15) is 5.75 Å². The van der Waals surface area contributed by atoms with E-state index in [-0.39, 0.29) is 11.3 Å². The number of aryl methyl sites for hydroxylation is 1. The van der Waals surface area contributed by atoms with Gasteiger partial charge in [0.05, 0.1) is 7.11 Å². The molecule has 0 aliphatic heterocycles. The lowest BCUT2D eigenvalue weighted by molar-refractivity contribution is -0.130. The highest BCUT2D eigenvalue weighted by Gasteiger charge is 2.16. The number of carbonyl (C=O) groups excluding carboxylic acids is 1. The van der Waals surface area contributed by atoms with Crippen LogP contribution in [0.2, 0.25) is 0 Å². The van der Waals surface area contributed by atoms with Crippen molar-refractivity contribution < 1.29 is 9.53 Å². The molecule has 0 atom stereocenters. The number of nitrogens with zero attached hydrogens (tertiary/aromatic N) is 1. The van der Waals surface area contributed by atoms with E-state index in [1.807, 2.05) is 6.07 Å². The number of methoxy groups -OCH3 is 1. The zero-order valence-corrected chi connectivity index (χ0v) is 12.5. The van der Waals surface area contributed by atoms with Gasteiger partial charge in [0.15, 0.2) is 0 Å². The highest BCUT2D eigenvalue weighted by Crippen LogP contribution is 2.28. The van der Waals surface area contributed by atoms with Crippen molar-refractivity contribution in [3.05, 3.63) is 29.3 Å². The summed E-state index contributed by atoms with van der Waals surface area (Å²) in [5.74, 6) is 6.16. The number of hydrogen-bond acceptors (Lipinski definition) is 3. The largest absolute Gasteiger partial charge is 0.496 e. The molecular formula is C15H24N2O2. The van der Waals surface area contributed by atoms with Gasteiger partial charge in [0, 0.05) is 13.5 Å². The molecule has 19 heavy (non-hydrogen) atoms. The van der Waals surface area contributed by atoms with Gasteiger partial charge in [0.25, 0.3) is 0 Å². The fourth-order valence-electron chi connectivity index (χ4n) is 1.86. The van der Waals surface area contributed by atoms with Gasteiger partial charge < -0.3 is 4.74 Å². The average Bonchev–Trinajstić information content (AvgIpc) is 2.34. The smallest absolute Gasteiger partial charge is 0.236 e. The first-order valence-corrected chi connectivity index (χ1v) is 6.44. The van der Waals surface area contributed by atoms with Crippen LogP contribution >= 0.6 is 0 Å². The first-order valence-electron chi connectivity index (χ1n) is 6.44. The molecule has 0 fully saturated rings. The van der Waals surface area contributed by atoms with Gasteiger partial charge in [-0.3, -0.25) is 9.80 Å². The quantitative estimate of drug-likeness (QED) is 0.515. The Labute approximate surface area is 115 Å².